The van der Waals surface area contributed by atoms with E-state index < -0.39 is 5.97 Å². The Balaban J connectivity index is 1.64. The van der Waals surface area contributed by atoms with Crippen molar-refractivity contribution < 1.29 is 14.3 Å². The lowest BCUT2D eigenvalue weighted by molar-refractivity contribution is -0.137. The fraction of sp³-hybridized carbons (Fsp3) is 0.200. The van der Waals surface area contributed by atoms with Gasteiger partial charge < -0.3 is 15.8 Å². The maximum Gasteiger partial charge on any atom is 0.354 e. The molecule has 0 bridgehead atoms. The van der Waals surface area contributed by atoms with E-state index in [1.807, 2.05) is 30.3 Å². The molecule has 1 aromatic carbocycles. The number of rotatable bonds is 5. The molecule has 1 aliphatic heterocycles. The number of anilines is 3. The molecule has 1 aliphatic rings. The second-order valence-corrected chi connectivity index (χ2v) is 5.09. The van der Waals surface area contributed by atoms with E-state index in [0.717, 1.165) is 5.69 Å². The normalized spacial score (nSPS) is 13.6. The number of nitrogens with two attached hydrogens (primary N) is 1. The van der Waals surface area contributed by atoms with Crippen molar-refractivity contribution in [2.24, 2.45) is 5.10 Å². The number of carbonyl (C=O) groups excluding carboxylic acids is 2. The average molecular weight is 341 g/mol. The number of carbonyl (C=O) groups is 2. The first-order chi connectivity index (χ1) is 12.1. The Bertz CT molecular complexity index is 823. The fourth-order valence-corrected chi connectivity index (χ4v) is 2.04. The molecule has 0 atom stereocenters. The predicted octanol–water partition coefficient (Wildman–Crippen LogP) is 0.507. The number of nitrogens with zero attached hydrogens (tertiary/aromatic N) is 4. The van der Waals surface area contributed by atoms with Gasteiger partial charge in [-0.15, -0.1) is 0 Å². The standard InChI is InChI=1S/C15H15N7O3/c16-14-18-11(8-25-13(24)10-6-7-12(23)22-21-10)19-15(20-14)17-9-4-2-1-3-5-9/h1-5H,6-8H2,(H,22,23)(H3,16,17,18,19,20). The molecule has 2 heterocycles. The van der Waals surface area contributed by atoms with Crippen LogP contribution in [0.15, 0.2) is 35.4 Å². The second-order valence-electron chi connectivity index (χ2n) is 5.09. The van der Waals surface area contributed by atoms with Crippen molar-refractivity contribution in [1.29, 1.82) is 0 Å². The zero-order valence-corrected chi connectivity index (χ0v) is 13.1. The van der Waals surface area contributed by atoms with Crippen LogP contribution in [0.4, 0.5) is 17.6 Å². The molecule has 0 aliphatic carbocycles. The highest BCUT2D eigenvalue weighted by Gasteiger charge is 2.20. The number of ether oxygens (including phenoxy) is 1. The van der Waals surface area contributed by atoms with Crippen LogP contribution in [0.3, 0.4) is 0 Å². The largest absolute Gasteiger partial charge is 0.453 e. The van der Waals surface area contributed by atoms with E-state index in [9.17, 15) is 9.59 Å². The van der Waals surface area contributed by atoms with Crippen molar-refractivity contribution >= 4 is 35.2 Å². The van der Waals surface area contributed by atoms with Crippen LogP contribution in [0.5, 0.6) is 0 Å². The van der Waals surface area contributed by atoms with Gasteiger partial charge in [0.2, 0.25) is 17.8 Å². The summed E-state index contributed by atoms with van der Waals surface area (Å²) in [5.74, 6) is -0.441. The Morgan fingerprint density at radius 2 is 2.00 bits per heavy atom. The third kappa shape index (κ3) is 4.47. The number of nitrogens with one attached hydrogen (secondary N) is 2. The Hall–Kier alpha value is -3.56. The van der Waals surface area contributed by atoms with E-state index in [4.69, 9.17) is 10.5 Å². The minimum Gasteiger partial charge on any atom is -0.453 e. The summed E-state index contributed by atoms with van der Waals surface area (Å²) < 4.78 is 5.11. The van der Waals surface area contributed by atoms with Crippen molar-refractivity contribution in [2.75, 3.05) is 11.1 Å². The maximum absolute atomic E-state index is 11.9. The van der Waals surface area contributed by atoms with Gasteiger partial charge in [0.15, 0.2) is 12.4 Å². The summed E-state index contributed by atoms with van der Waals surface area (Å²) in [5.41, 5.74) is 8.82. The quantitative estimate of drug-likeness (QED) is 0.667. The van der Waals surface area contributed by atoms with Crippen molar-refractivity contribution in [3.63, 3.8) is 0 Å². The topological polar surface area (TPSA) is 144 Å². The third-order valence-corrected chi connectivity index (χ3v) is 3.20. The molecule has 3 rings (SSSR count). The monoisotopic (exact) mass is 341 g/mol. The molecular formula is C15H15N7O3. The molecule has 128 valence electrons. The number of benzene rings is 1. The zero-order valence-electron chi connectivity index (χ0n) is 13.1. The molecular weight excluding hydrogens is 326 g/mol. The summed E-state index contributed by atoms with van der Waals surface area (Å²) in [5, 5.41) is 6.65. The lowest BCUT2D eigenvalue weighted by Crippen LogP contribution is -2.30. The Morgan fingerprint density at radius 3 is 2.72 bits per heavy atom. The molecule has 0 fully saturated rings. The number of aromatic nitrogens is 3. The van der Waals surface area contributed by atoms with Crippen LogP contribution >= 0.6 is 0 Å². The van der Waals surface area contributed by atoms with E-state index in [1.54, 1.807) is 0 Å². The highest BCUT2D eigenvalue weighted by Crippen LogP contribution is 2.13. The number of amides is 1. The molecule has 0 radical (unpaired) electrons. The summed E-state index contributed by atoms with van der Waals surface area (Å²) in [6.45, 7) is -0.192. The lowest BCUT2D eigenvalue weighted by atomic mass is 10.2. The number of hydrazone groups is 1. The number of esters is 1. The van der Waals surface area contributed by atoms with Crippen molar-refractivity contribution in [3.8, 4) is 0 Å². The summed E-state index contributed by atoms with van der Waals surface area (Å²) in [6, 6.07) is 9.29. The van der Waals surface area contributed by atoms with Crippen molar-refractivity contribution in [1.82, 2.24) is 20.4 Å². The van der Waals surface area contributed by atoms with Gasteiger partial charge in [-0.25, -0.2) is 10.2 Å². The number of nitrogen functional groups attached to an aromatic ring is 1. The van der Waals surface area contributed by atoms with Crippen LogP contribution in [0, 0.1) is 0 Å². The molecule has 10 nitrogen and oxygen atoms in total. The van der Waals surface area contributed by atoms with Crippen LogP contribution in [-0.2, 0) is 20.9 Å². The fourth-order valence-electron chi connectivity index (χ4n) is 2.04. The number of para-hydroxylation sites is 1. The molecule has 1 aromatic heterocycles. The Morgan fingerprint density at radius 1 is 1.20 bits per heavy atom. The predicted molar refractivity (Wildman–Crippen MR) is 88.6 cm³/mol. The molecule has 1 amide bonds. The highest BCUT2D eigenvalue weighted by molar-refractivity contribution is 6.37. The summed E-state index contributed by atoms with van der Waals surface area (Å²) in [6.07, 6.45) is 0.419. The number of hydrogen-bond acceptors (Lipinski definition) is 9. The lowest BCUT2D eigenvalue weighted by Gasteiger charge is -2.11. The van der Waals surface area contributed by atoms with Gasteiger partial charge in [0.05, 0.1) is 0 Å². The minimum atomic E-state index is -0.642. The first-order valence-electron chi connectivity index (χ1n) is 7.45. The first kappa shape index (κ1) is 16.3. The zero-order chi connectivity index (χ0) is 17.6. The summed E-state index contributed by atoms with van der Waals surface area (Å²) >= 11 is 0. The van der Waals surface area contributed by atoms with Crippen LogP contribution in [0.2, 0.25) is 0 Å². The minimum absolute atomic E-state index is 0.00162. The maximum atomic E-state index is 11.9. The molecule has 25 heavy (non-hydrogen) atoms. The van der Waals surface area contributed by atoms with Crippen LogP contribution < -0.4 is 16.5 Å². The van der Waals surface area contributed by atoms with Crippen LogP contribution in [0.1, 0.15) is 18.7 Å². The van der Waals surface area contributed by atoms with Gasteiger partial charge in [-0.3, -0.25) is 4.79 Å². The van der Waals surface area contributed by atoms with E-state index in [0.29, 0.717) is 0 Å². The van der Waals surface area contributed by atoms with Gasteiger partial charge in [-0.2, -0.15) is 20.1 Å². The molecule has 0 saturated heterocycles. The number of hydrogen-bond donors (Lipinski definition) is 3. The Labute approximate surface area is 142 Å². The van der Waals surface area contributed by atoms with Gasteiger partial charge in [0.1, 0.15) is 5.71 Å². The Kier molecular flexibility index (Phi) is 4.79. The van der Waals surface area contributed by atoms with Gasteiger partial charge in [0.25, 0.3) is 0 Å². The summed E-state index contributed by atoms with van der Waals surface area (Å²) in [4.78, 5) is 35.0. The SMILES string of the molecule is Nc1nc(COC(=O)C2=NNC(=O)CC2)nc(Nc2ccccc2)n1. The van der Waals surface area contributed by atoms with Gasteiger partial charge in [-0.05, 0) is 12.1 Å². The van der Waals surface area contributed by atoms with E-state index in [1.165, 1.54) is 0 Å². The molecule has 4 N–H and O–H groups in total. The molecule has 2 aromatic rings. The smallest absolute Gasteiger partial charge is 0.354 e. The van der Waals surface area contributed by atoms with E-state index >= 15 is 0 Å². The van der Waals surface area contributed by atoms with Gasteiger partial charge in [-0.1, -0.05) is 18.2 Å². The molecule has 0 unspecified atom stereocenters. The van der Waals surface area contributed by atoms with Crippen molar-refractivity contribution in [3.05, 3.63) is 36.2 Å². The molecule has 0 saturated carbocycles. The molecule has 0 spiro atoms. The van der Waals surface area contributed by atoms with E-state index in [-0.39, 0.29) is 48.8 Å². The third-order valence-electron chi connectivity index (χ3n) is 3.20. The summed E-state index contributed by atoms with van der Waals surface area (Å²) in [7, 11) is 0. The average Bonchev–Trinajstić information content (AvgIpc) is 2.61. The van der Waals surface area contributed by atoms with Gasteiger partial charge >= 0.3 is 5.97 Å². The second kappa shape index (κ2) is 7.34. The van der Waals surface area contributed by atoms with Crippen molar-refractivity contribution in [2.45, 2.75) is 19.4 Å². The van der Waals surface area contributed by atoms with Crippen LogP contribution in [0.25, 0.3) is 0 Å². The molecule has 10 heteroatoms. The highest BCUT2D eigenvalue weighted by atomic mass is 16.5. The first-order valence-corrected chi connectivity index (χ1v) is 7.45. The van der Waals surface area contributed by atoms with Crippen LogP contribution in [-0.4, -0.2) is 32.5 Å². The van der Waals surface area contributed by atoms with E-state index in [2.05, 4.69) is 30.8 Å². The van der Waals surface area contributed by atoms with Gasteiger partial charge in [0, 0.05) is 18.5 Å².